The van der Waals surface area contributed by atoms with Gasteiger partial charge in [-0.25, -0.2) is 13.1 Å². The van der Waals surface area contributed by atoms with Gasteiger partial charge in [0.1, 0.15) is 0 Å². The minimum atomic E-state index is -3.47. The van der Waals surface area contributed by atoms with Crippen LogP contribution >= 0.6 is 31.9 Å². The van der Waals surface area contributed by atoms with Crippen molar-refractivity contribution in [2.75, 3.05) is 13.1 Å². The van der Waals surface area contributed by atoms with E-state index in [0.29, 0.717) is 4.47 Å². The molecule has 1 aliphatic heterocycles. The number of benzene rings is 1. The largest absolute Gasteiger partial charge is 0.317 e. The van der Waals surface area contributed by atoms with Gasteiger partial charge in [0.15, 0.2) is 0 Å². The Morgan fingerprint density at radius 3 is 2.74 bits per heavy atom. The average molecular weight is 412 g/mol. The summed E-state index contributed by atoms with van der Waals surface area (Å²) < 4.78 is 28.9. The molecule has 2 N–H and O–H groups in total. The van der Waals surface area contributed by atoms with Crippen molar-refractivity contribution < 1.29 is 8.42 Å². The van der Waals surface area contributed by atoms with Crippen molar-refractivity contribution in [3.63, 3.8) is 0 Å². The maximum Gasteiger partial charge on any atom is 0.241 e. The fourth-order valence-electron chi connectivity index (χ4n) is 2.11. The van der Waals surface area contributed by atoms with Gasteiger partial charge in [0.2, 0.25) is 10.0 Å². The van der Waals surface area contributed by atoms with Crippen molar-refractivity contribution in [1.29, 1.82) is 0 Å². The van der Waals surface area contributed by atoms with Crippen molar-refractivity contribution in [2.45, 2.75) is 30.2 Å². The summed E-state index contributed by atoms with van der Waals surface area (Å²) in [7, 11) is -3.47. The Morgan fingerprint density at radius 1 is 1.21 bits per heavy atom. The number of halogens is 2. The molecule has 0 aromatic heterocycles. The van der Waals surface area contributed by atoms with E-state index in [-0.39, 0.29) is 10.9 Å². The lowest BCUT2D eigenvalue weighted by atomic mass is 10.1. The third-order valence-electron chi connectivity index (χ3n) is 3.08. The first-order valence-corrected chi connectivity index (χ1v) is 9.24. The summed E-state index contributed by atoms with van der Waals surface area (Å²) in [6, 6.07) is 5.08. The summed E-state index contributed by atoms with van der Waals surface area (Å²) in [6.45, 7) is 1.81. The van der Waals surface area contributed by atoms with E-state index in [9.17, 15) is 8.42 Å². The zero-order chi connectivity index (χ0) is 13.9. The van der Waals surface area contributed by atoms with Gasteiger partial charge in [-0.3, -0.25) is 0 Å². The summed E-state index contributed by atoms with van der Waals surface area (Å²) in [5, 5.41) is 3.27. The van der Waals surface area contributed by atoms with Gasteiger partial charge in [0, 0.05) is 15.0 Å². The highest BCUT2D eigenvalue weighted by atomic mass is 79.9. The molecule has 106 valence electrons. The molecule has 0 spiro atoms. The van der Waals surface area contributed by atoms with Crippen molar-refractivity contribution in [1.82, 2.24) is 10.0 Å². The first-order valence-electron chi connectivity index (χ1n) is 6.17. The molecule has 2 rings (SSSR count). The lowest BCUT2D eigenvalue weighted by Gasteiger charge is -2.16. The Morgan fingerprint density at radius 2 is 2.00 bits per heavy atom. The van der Waals surface area contributed by atoms with E-state index < -0.39 is 10.0 Å². The molecule has 1 aliphatic rings. The molecule has 1 saturated heterocycles. The molecule has 19 heavy (non-hydrogen) atoms. The van der Waals surface area contributed by atoms with E-state index in [2.05, 4.69) is 41.9 Å². The molecule has 1 heterocycles. The summed E-state index contributed by atoms with van der Waals surface area (Å²) in [6.07, 6.45) is 2.70. The van der Waals surface area contributed by atoms with Crippen LogP contribution in [0.5, 0.6) is 0 Å². The Labute approximate surface area is 130 Å². The number of nitrogens with one attached hydrogen (secondary N) is 2. The van der Waals surface area contributed by atoms with Crippen LogP contribution in [0.4, 0.5) is 0 Å². The number of hydrogen-bond acceptors (Lipinski definition) is 3. The topological polar surface area (TPSA) is 58.2 Å². The Hall–Kier alpha value is 0.0500. The van der Waals surface area contributed by atoms with Crippen LogP contribution in [0, 0.1) is 0 Å². The molecule has 1 fully saturated rings. The molecular weight excluding hydrogens is 396 g/mol. The predicted octanol–water partition coefficient (Wildman–Crippen LogP) is 2.63. The fraction of sp³-hybridized carbons (Fsp3) is 0.500. The highest BCUT2D eigenvalue weighted by Crippen LogP contribution is 2.26. The van der Waals surface area contributed by atoms with Crippen LogP contribution < -0.4 is 10.0 Å². The minimum absolute atomic E-state index is 0.00977. The summed E-state index contributed by atoms with van der Waals surface area (Å²) >= 11 is 6.62. The maximum atomic E-state index is 12.4. The Bertz CT molecular complexity index is 541. The van der Waals surface area contributed by atoms with Gasteiger partial charge in [-0.05, 0) is 66.5 Å². The second-order valence-electron chi connectivity index (χ2n) is 4.57. The van der Waals surface area contributed by atoms with Gasteiger partial charge < -0.3 is 5.32 Å². The van der Waals surface area contributed by atoms with E-state index in [0.717, 1.165) is 36.8 Å². The van der Waals surface area contributed by atoms with Crippen LogP contribution in [0.15, 0.2) is 32.0 Å². The lowest BCUT2D eigenvalue weighted by molar-refractivity contribution is 0.518. The van der Waals surface area contributed by atoms with Crippen LogP contribution in [-0.2, 0) is 10.0 Å². The van der Waals surface area contributed by atoms with Crippen LogP contribution in [0.1, 0.15) is 19.3 Å². The molecule has 1 atom stereocenters. The van der Waals surface area contributed by atoms with Crippen LogP contribution in [0.25, 0.3) is 0 Å². The molecule has 0 aliphatic carbocycles. The van der Waals surface area contributed by atoms with Gasteiger partial charge in [-0.15, -0.1) is 0 Å². The Balaban J connectivity index is 2.17. The monoisotopic (exact) mass is 410 g/mol. The molecule has 1 aromatic rings. The fourth-order valence-corrected chi connectivity index (χ4v) is 5.16. The van der Waals surface area contributed by atoms with Crippen molar-refractivity contribution >= 4 is 41.9 Å². The number of rotatable bonds is 3. The first-order chi connectivity index (χ1) is 8.99. The van der Waals surface area contributed by atoms with Gasteiger partial charge >= 0.3 is 0 Å². The average Bonchev–Trinajstić information content (AvgIpc) is 2.56. The SMILES string of the molecule is O=S(=O)(NC1CCCNCC1)c1ccc(Br)cc1Br. The van der Waals surface area contributed by atoms with Gasteiger partial charge in [-0.2, -0.15) is 0 Å². The first kappa shape index (κ1) is 15.4. The van der Waals surface area contributed by atoms with Crippen molar-refractivity contribution in [3.05, 3.63) is 27.1 Å². The smallest absolute Gasteiger partial charge is 0.241 e. The summed E-state index contributed by atoms with van der Waals surface area (Å²) in [5.41, 5.74) is 0. The molecular formula is C12H16Br2N2O2S. The molecule has 4 nitrogen and oxygen atoms in total. The van der Waals surface area contributed by atoms with Crippen LogP contribution in [0.2, 0.25) is 0 Å². The van der Waals surface area contributed by atoms with Gasteiger partial charge in [0.05, 0.1) is 4.90 Å². The van der Waals surface area contributed by atoms with Crippen molar-refractivity contribution in [3.8, 4) is 0 Å². The van der Waals surface area contributed by atoms with E-state index in [1.165, 1.54) is 0 Å². The molecule has 0 amide bonds. The predicted molar refractivity (Wildman–Crippen MR) is 82.7 cm³/mol. The highest BCUT2D eigenvalue weighted by molar-refractivity contribution is 9.11. The second kappa shape index (κ2) is 6.67. The highest BCUT2D eigenvalue weighted by Gasteiger charge is 2.22. The standard InChI is InChI=1S/C12H16Br2N2O2S/c13-9-3-4-12(11(14)8-9)19(17,18)16-10-2-1-6-15-7-5-10/h3-4,8,10,15-16H,1-2,5-7H2. The third-order valence-corrected chi connectivity index (χ3v) is 6.07. The molecule has 1 unspecified atom stereocenters. The lowest BCUT2D eigenvalue weighted by Crippen LogP contribution is -2.35. The van der Waals surface area contributed by atoms with Gasteiger partial charge in [0.25, 0.3) is 0 Å². The normalized spacial score (nSPS) is 21.1. The minimum Gasteiger partial charge on any atom is -0.317 e. The van der Waals surface area contributed by atoms with Crippen molar-refractivity contribution in [2.24, 2.45) is 0 Å². The quantitative estimate of drug-likeness (QED) is 0.803. The molecule has 0 radical (unpaired) electrons. The Kier molecular flexibility index (Phi) is 5.42. The number of hydrogen-bond donors (Lipinski definition) is 2. The zero-order valence-electron chi connectivity index (χ0n) is 10.3. The summed E-state index contributed by atoms with van der Waals surface area (Å²) in [5.74, 6) is 0. The van der Waals surface area contributed by atoms with Gasteiger partial charge in [-0.1, -0.05) is 15.9 Å². The van der Waals surface area contributed by atoms with Crippen LogP contribution in [-0.4, -0.2) is 27.5 Å². The second-order valence-corrected chi connectivity index (χ2v) is 8.03. The van der Waals surface area contributed by atoms with E-state index in [4.69, 9.17) is 0 Å². The van der Waals surface area contributed by atoms with E-state index in [1.54, 1.807) is 18.2 Å². The molecule has 0 saturated carbocycles. The van der Waals surface area contributed by atoms with E-state index >= 15 is 0 Å². The molecule has 1 aromatic carbocycles. The van der Waals surface area contributed by atoms with E-state index in [1.807, 2.05) is 0 Å². The van der Waals surface area contributed by atoms with Crippen LogP contribution in [0.3, 0.4) is 0 Å². The molecule has 7 heteroatoms. The summed E-state index contributed by atoms with van der Waals surface area (Å²) in [4.78, 5) is 0.285. The maximum absolute atomic E-state index is 12.4. The zero-order valence-corrected chi connectivity index (χ0v) is 14.3. The third kappa shape index (κ3) is 4.26. The number of sulfonamides is 1. The molecule has 0 bridgehead atoms.